The van der Waals surface area contributed by atoms with E-state index in [0.29, 0.717) is 12.8 Å². The van der Waals surface area contributed by atoms with Crippen molar-refractivity contribution in [2.45, 2.75) is 96.5 Å². The van der Waals surface area contributed by atoms with Gasteiger partial charge in [0.2, 0.25) is 0 Å². The minimum Gasteiger partial charge on any atom is -0.469 e. The lowest BCUT2D eigenvalue weighted by Crippen LogP contribution is -2.17. The van der Waals surface area contributed by atoms with E-state index in [0.717, 1.165) is 25.7 Å². The van der Waals surface area contributed by atoms with Gasteiger partial charge in [0, 0.05) is 13.5 Å². The molecule has 0 saturated heterocycles. The summed E-state index contributed by atoms with van der Waals surface area (Å²) in [7, 11) is 3.04. The van der Waals surface area contributed by atoms with Crippen LogP contribution in [0.1, 0.15) is 90.4 Å². The molecule has 0 rings (SSSR count). The second-order valence-electron chi connectivity index (χ2n) is 6.62. The van der Waals surface area contributed by atoms with E-state index in [9.17, 15) is 4.79 Å². The number of carbonyl (C=O) groups is 1. The largest absolute Gasteiger partial charge is 0.469 e. The average Bonchev–Trinajstić information content (AvgIpc) is 2.63. The first-order chi connectivity index (χ1) is 12.2. The minimum absolute atomic E-state index is 0.0751. The smallest absolute Gasteiger partial charge is 0.305 e. The van der Waals surface area contributed by atoms with Crippen LogP contribution in [-0.4, -0.2) is 33.1 Å². The van der Waals surface area contributed by atoms with Crippen molar-refractivity contribution in [1.82, 2.24) is 0 Å². The van der Waals surface area contributed by atoms with E-state index in [4.69, 9.17) is 9.47 Å². The van der Waals surface area contributed by atoms with Crippen molar-refractivity contribution in [2.75, 3.05) is 21.0 Å². The molecule has 0 aromatic rings. The van der Waals surface area contributed by atoms with Gasteiger partial charge in [-0.1, -0.05) is 57.6 Å². The van der Waals surface area contributed by atoms with E-state index < -0.39 is 0 Å². The van der Waals surface area contributed by atoms with Gasteiger partial charge in [-0.25, -0.2) is 0 Å². The molecule has 25 heavy (non-hydrogen) atoms. The second kappa shape index (κ2) is 19.5. The molecule has 0 radical (unpaired) electrons. The molecule has 0 aromatic heterocycles. The highest BCUT2D eigenvalue weighted by atomic mass is 16.7. The molecule has 4 heteroatoms. The molecule has 0 N–H and O–H groups in total. The number of carbonyl (C=O) groups excluding carboxylic acids is 1. The topological polar surface area (TPSA) is 44.8 Å². The van der Waals surface area contributed by atoms with Crippen molar-refractivity contribution in [3.63, 3.8) is 0 Å². The SMILES string of the molecule is CCCCCCCC/C=C\CCCC[C@H](CCC(=O)OC)OCOC. The number of rotatable bonds is 18. The van der Waals surface area contributed by atoms with Crippen LogP contribution in [0.25, 0.3) is 0 Å². The minimum atomic E-state index is -0.177. The van der Waals surface area contributed by atoms with Crippen molar-refractivity contribution >= 4 is 5.97 Å². The normalized spacial score (nSPS) is 12.6. The molecule has 0 aliphatic carbocycles. The van der Waals surface area contributed by atoms with Crippen LogP contribution in [-0.2, 0) is 19.0 Å². The summed E-state index contributed by atoms with van der Waals surface area (Å²) in [6, 6.07) is 0. The Morgan fingerprint density at radius 3 is 2.16 bits per heavy atom. The molecule has 0 amide bonds. The van der Waals surface area contributed by atoms with Crippen LogP contribution < -0.4 is 0 Å². The third-order valence-electron chi connectivity index (χ3n) is 4.36. The highest BCUT2D eigenvalue weighted by Gasteiger charge is 2.11. The van der Waals surface area contributed by atoms with Gasteiger partial charge in [-0.05, 0) is 38.5 Å². The zero-order valence-electron chi connectivity index (χ0n) is 16.8. The second-order valence-corrected chi connectivity index (χ2v) is 6.62. The van der Waals surface area contributed by atoms with Crippen LogP contribution in [0.15, 0.2) is 12.2 Å². The van der Waals surface area contributed by atoms with Crippen molar-refractivity contribution < 1.29 is 19.0 Å². The molecule has 0 bridgehead atoms. The van der Waals surface area contributed by atoms with E-state index in [1.807, 2.05) is 0 Å². The van der Waals surface area contributed by atoms with Gasteiger partial charge in [-0.2, -0.15) is 0 Å². The standard InChI is InChI=1S/C21H40O4/c1-4-5-6-7-8-9-10-11-12-13-14-15-16-20(25-19-23-2)17-18-21(22)24-3/h11-12,20H,4-10,13-19H2,1-3H3/b12-11-/t20-/m1/s1. The fourth-order valence-corrected chi connectivity index (χ4v) is 2.77. The number of esters is 1. The monoisotopic (exact) mass is 356 g/mol. The van der Waals surface area contributed by atoms with Gasteiger partial charge in [0.1, 0.15) is 6.79 Å². The van der Waals surface area contributed by atoms with E-state index in [2.05, 4.69) is 23.8 Å². The molecular formula is C21H40O4. The molecule has 0 saturated carbocycles. The van der Waals surface area contributed by atoms with Crippen LogP contribution in [0.5, 0.6) is 0 Å². The number of methoxy groups -OCH3 is 2. The summed E-state index contributed by atoms with van der Waals surface area (Å²) in [5.41, 5.74) is 0. The first-order valence-corrected chi connectivity index (χ1v) is 10.1. The Bertz CT molecular complexity index is 315. The number of hydrogen-bond donors (Lipinski definition) is 0. The summed E-state index contributed by atoms with van der Waals surface area (Å²) in [6.45, 7) is 2.54. The Labute approximate surface area is 155 Å². The molecule has 0 aliphatic heterocycles. The van der Waals surface area contributed by atoms with E-state index in [-0.39, 0.29) is 18.9 Å². The average molecular weight is 357 g/mol. The highest BCUT2D eigenvalue weighted by Crippen LogP contribution is 2.13. The van der Waals surface area contributed by atoms with Gasteiger partial charge >= 0.3 is 5.97 Å². The number of allylic oxidation sites excluding steroid dienone is 2. The van der Waals surface area contributed by atoms with Crippen molar-refractivity contribution in [3.8, 4) is 0 Å². The van der Waals surface area contributed by atoms with E-state index in [1.165, 1.54) is 52.1 Å². The van der Waals surface area contributed by atoms with Gasteiger partial charge in [0.25, 0.3) is 0 Å². The summed E-state index contributed by atoms with van der Waals surface area (Å²) >= 11 is 0. The summed E-state index contributed by atoms with van der Waals surface area (Å²) in [4.78, 5) is 11.2. The van der Waals surface area contributed by atoms with Crippen molar-refractivity contribution in [3.05, 3.63) is 12.2 Å². The van der Waals surface area contributed by atoms with Gasteiger partial charge in [-0.3, -0.25) is 4.79 Å². The maximum absolute atomic E-state index is 11.2. The zero-order chi connectivity index (χ0) is 18.6. The lowest BCUT2D eigenvalue weighted by molar-refractivity contribution is -0.142. The molecule has 0 unspecified atom stereocenters. The van der Waals surface area contributed by atoms with Crippen molar-refractivity contribution in [2.24, 2.45) is 0 Å². The Hall–Kier alpha value is -0.870. The first-order valence-electron chi connectivity index (χ1n) is 10.1. The van der Waals surface area contributed by atoms with Gasteiger partial charge in [-0.15, -0.1) is 0 Å². The molecule has 0 aromatic carbocycles. The summed E-state index contributed by atoms with van der Waals surface area (Å²) in [6.07, 6.45) is 19.6. The number of hydrogen-bond acceptors (Lipinski definition) is 4. The molecule has 4 nitrogen and oxygen atoms in total. The third-order valence-corrected chi connectivity index (χ3v) is 4.36. The Kier molecular flexibility index (Phi) is 18.8. The molecule has 1 atom stereocenters. The number of unbranched alkanes of at least 4 members (excludes halogenated alkanes) is 8. The fourth-order valence-electron chi connectivity index (χ4n) is 2.77. The molecule has 0 heterocycles. The highest BCUT2D eigenvalue weighted by molar-refractivity contribution is 5.69. The maximum Gasteiger partial charge on any atom is 0.305 e. The van der Waals surface area contributed by atoms with Crippen LogP contribution in [0.2, 0.25) is 0 Å². The van der Waals surface area contributed by atoms with Crippen LogP contribution in [0, 0.1) is 0 Å². The molecular weight excluding hydrogens is 316 g/mol. The van der Waals surface area contributed by atoms with Crippen LogP contribution in [0.3, 0.4) is 0 Å². The van der Waals surface area contributed by atoms with Crippen LogP contribution >= 0.6 is 0 Å². The van der Waals surface area contributed by atoms with Crippen molar-refractivity contribution in [1.29, 1.82) is 0 Å². The van der Waals surface area contributed by atoms with Gasteiger partial charge in [0.05, 0.1) is 13.2 Å². The molecule has 148 valence electrons. The fraction of sp³-hybridized carbons (Fsp3) is 0.857. The van der Waals surface area contributed by atoms with Crippen LogP contribution in [0.4, 0.5) is 0 Å². The predicted octanol–water partition coefficient (Wildman–Crippen LogP) is 5.80. The maximum atomic E-state index is 11.2. The van der Waals surface area contributed by atoms with Gasteiger partial charge in [0.15, 0.2) is 0 Å². The Balaban J connectivity index is 3.61. The summed E-state index contributed by atoms with van der Waals surface area (Å²) in [5, 5.41) is 0. The number of ether oxygens (including phenoxy) is 3. The predicted molar refractivity (Wildman–Crippen MR) is 104 cm³/mol. The molecule has 0 aliphatic rings. The Morgan fingerprint density at radius 2 is 1.52 bits per heavy atom. The molecule has 0 fully saturated rings. The van der Waals surface area contributed by atoms with E-state index >= 15 is 0 Å². The molecule has 0 spiro atoms. The van der Waals surface area contributed by atoms with E-state index in [1.54, 1.807) is 7.11 Å². The first kappa shape index (κ1) is 24.1. The lowest BCUT2D eigenvalue weighted by atomic mass is 10.1. The Morgan fingerprint density at radius 1 is 0.880 bits per heavy atom. The van der Waals surface area contributed by atoms with Gasteiger partial charge < -0.3 is 14.2 Å². The lowest BCUT2D eigenvalue weighted by Gasteiger charge is -2.16. The summed E-state index contributed by atoms with van der Waals surface area (Å²) in [5.74, 6) is -0.177. The summed E-state index contributed by atoms with van der Waals surface area (Å²) < 4.78 is 15.3. The quantitative estimate of drug-likeness (QED) is 0.135. The third kappa shape index (κ3) is 17.7. The zero-order valence-corrected chi connectivity index (χ0v) is 16.8.